The number of hydrogen-bond donors (Lipinski definition) is 2. The van der Waals surface area contributed by atoms with Crippen molar-refractivity contribution in [3.8, 4) is 5.75 Å². The Bertz CT molecular complexity index is 571. The van der Waals surface area contributed by atoms with Gasteiger partial charge in [0.2, 0.25) is 5.91 Å². The lowest BCUT2D eigenvalue weighted by molar-refractivity contribution is -0.141. The third-order valence-corrected chi connectivity index (χ3v) is 4.35. The summed E-state index contributed by atoms with van der Waals surface area (Å²) < 4.78 is 5.62. The van der Waals surface area contributed by atoms with Crippen molar-refractivity contribution in [2.75, 3.05) is 6.61 Å². The molecular weight excluding hydrogens is 258 g/mol. The second-order valence-electron chi connectivity index (χ2n) is 5.58. The van der Waals surface area contributed by atoms with Gasteiger partial charge in [-0.15, -0.1) is 0 Å². The van der Waals surface area contributed by atoms with Gasteiger partial charge in [-0.25, -0.2) is 0 Å². The number of ether oxygens (including phenoxy) is 1. The van der Waals surface area contributed by atoms with Gasteiger partial charge in [0, 0.05) is 16.9 Å². The van der Waals surface area contributed by atoms with E-state index in [0.29, 0.717) is 6.61 Å². The minimum Gasteiger partial charge on any atom is -0.493 e. The fraction of sp³-hybridized carbons (Fsp3) is 0.467. The largest absolute Gasteiger partial charge is 0.493 e. The van der Waals surface area contributed by atoms with Crippen LogP contribution in [0.1, 0.15) is 25.3 Å². The topological polar surface area (TPSA) is 75.6 Å². The van der Waals surface area contributed by atoms with Gasteiger partial charge >= 0.3 is 5.97 Å². The Labute approximate surface area is 116 Å². The van der Waals surface area contributed by atoms with Gasteiger partial charge in [-0.05, 0) is 25.8 Å². The lowest BCUT2D eigenvalue weighted by Crippen LogP contribution is -2.40. The van der Waals surface area contributed by atoms with Gasteiger partial charge in [0.1, 0.15) is 11.8 Å². The predicted octanol–water partition coefficient (Wildman–Crippen LogP) is 1.32. The van der Waals surface area contributed by atoms with Crippen molar-refractivity contribution >= 4 is 11.9 Å². The van der Waals surface area contributed by atoms with Crippen LogP contribution in [-0.2, 0) is 15.0 Å². The summed E-state index contributed by atoms with van der Waals surface area (Å²) in [5.74, 6) is -0.480. The minimum absolute atomic E-state index is 0.144. The van der Waals surface area contributed by atoms with E-state index in [0.717, 1.165) is 24.2 Å². The van der Waals surface area contributed by atoms with Crippen molar-refractivity contribution in [2.45, 2.75) is 31.2 Å². The van der Waals surface area contributed by atoms with Crippen LogP contribution in [0.3, 0.4) is 0 Å². The molecule has 1 spiro atoms. The number of fused-ring (bicyclic) bond motifs is 2. The molecule has 0 bridgehead atoms. The molecule has 1 aliphatic carbocycles. The summed E-state index contributed by atoms with van der Waals surface area (Å²) in [6.07, 6.45) is 1.58. The molecule has 2 aliphatic rings. The minimum atomic E-state index is -1.01. The Morgan fingerprint density at radius 2 is 2.20 bits per heavy atom. The molecule has 5 nitrogen and oxygen atoms in total. The van der Waals surface area contributed by atoms with Gasteiger partial charge in [-0.3, -0.25) is 9.59 Å². The van der Waals surface area contributed by atoms with Gasteiger partial charge in [0.25, 0.3) is 0 Å². The Hall–Kier alpha value is -2.04. The molecular formula is C15H17NO4. The zero-order valence-corrected chi connectivity index (χ0v) is 11.3. The SMILES string of the molecule is C[C@H](NC(=O)[C@@H]1C[C@]12CCOc1ccccc12)C(=O)O. The van der Waals surface area contributed by atoms with Gasteiger partial charge in [-0.1, -0.05) is 18.2 Å². The molecule has 1 fully saturated rings. The molecule has 3 atom stereocenters. The monoisotopic (exact) mass is 275 g/mol. The molecule has 20 heavy (non-hydrogen) atoms. The van der Waals surface area contributed by atoms with E-state index in [1.807, 2.05) is 24.3 Å². The number of carboxylic acids is 1. The van der Waals surface area contributed by atoms with E-state index in [9.17, 15) is 9.59 Å². The zero-order valence-electron chi connectivity index (χ0n) is 11.3. The van der Waals surface area contributed by atoms with E-state index in [4.69, 9.17) is 9.84 Å². The van der Waals surface area contributed by atoms with E-state index in [1.54, 1.807) is 0 Å². The summed E-state index contributed by atoms with van der Waals surface area (Å²) in [6, 6.07) is 6.94. The Balaban J connectivity index is 1.78. The fourth-order valence-corrected chi connectivity index (χ4v) is 3.08. The van der Waals surface area contributed by atoms with Crippen LogP contribution in [0, 0.1) is 5.92 Å². The molecule has 1 aliphatic heterocycles. The molecule has 5 heteroatoms. The molecule has 0 radical (unpaired) electrons. The van der Waals surface area contributed by atoms with Gasteiger partial charge < -0.3 is 15.2 Å². The number of carbonyl (C=O) groups is 2. The number of nitrogens with one attached hydrogen (secondary N) is 1. The Morgan fingerprint density at radius 1 is 1.45 bits per heavy atom. The molecule has 2 N–H and O–H groups in total. The highest BCUT2D eigenvalue weighted by atomic mass is 16.5. The van der Waals surface area contributed by atoms with Crippen LogP contribution in [0.15, 0.2) is 24.3 Å². The maximum Gasteiger partial charge on any atom is 0.325 e. The first-order valence-corrected chi connectivity index (χ1v) is 6.80. The van der Waals surface area contributed by atoms with Crippen LogP contribution in [0.4, 0.5) is 0 Å². The van der Waals surface area contributed by atoms with Crippen molar-refractivity contribution < 1.29 is 19.4 Å². The van der Waals surface area contributed by atoms with Crippen LogP contribution in [-0.4, -0.2) is 29.6 Å². The van der Waals surface area contributed by atoms with E-state index in [-0.39, 0.29) is 17.2 Å². The number of para-hydroxylation sites is 1. The first-order valence-electron chi connectivity index (χ1n) is 6.80. The number of aliphatic carboxylic acids is 1. The lowest BCUT2D eigenvalue weighted by Gasteiger charge is -2.26. The summed E-state index contributed by atoms with van der Waals surface area (Å²) in [7, 11) is 0. The molecule has 1 amide bonds. The number of rotatable bonds is 3. The zero-order chi connectivity index (χ0) is 14.3. The van der Waals surface area contributed by atoms with Crippen molar-refractivity contribution in [3.05, 3.63) is 29.8 Å². The van der Waals surface area contributed by atoms with Crippen molar-refractivity contribution in [3.63, 3.8) is 0 Å². The quantitative estimate of drug-likeness (QED) is 0.872. The van der Waals surface area contributed by atoms with E-state index in [2.05, 4.69) is 5.32 Å². The van der Waals surface area contributed by atoms with Crippen molar-refractivity contribution in [1.82, 2.24) is 5.32 Å². The number of amides is 1. The summed E-state index contributed by atoms with van der Waals surface area (Å²) >= 11 is 0. The average Bonchev–Trinajstić information content (AvgIpc) is 3.14. The van der Waals surface area contributed by atoms with Gasteiger partial charge in [0.05, 0.1) is 6.61 Å². The van der Waals surface area contributed by atoms with Crippen LogP contribution >= 0.6 is 0 Å². The molecule has 1 saturated carbocycles. The van der Waals surface area contributed by atoms with Crippen LogP contribution in [0.25, 0.3) is 0 Å². The third-order valence-electron chi connectivity index (χ3n) is 4.35. The molecule has 106 valence electrons. The molecule has 0 unspecified atom stereocenters. The average molecular weight is 275 g/mol. The number of carboxylic acid groups (broad SMARTS) is 1. The summed E-state index contributed by atoms with van der Waals surface area (Å²) in [6.45, 7) is 2.09. The molecule has 1 aromatic rings. The summed E-state index contributed by atoms with van der Waals surface area (Å²) in [5, 5.41) is 11.4. The number of carbonyl (C=O) groups excluding carboxylic acids is 1. The highest BCUT2D eigenvalue weighted by Gasteiger charge is 2.61. The van der Waals surface area contributed by atoms with Crippen LogP contribution in [0.2, 0.25) is 0 Å². The highest BCUT2D eigenvalue weighted by Crippen LogP contribution is 2.60. The normalized spacial score (nSPS) is 28.1. The van der Waals surface area contributed by atoms with E-state index >= 15 is 0 Å². The lowest BCUT2D eigenvalue weighted by atomic mass is 9.87. The first-order chi connectivity index (χ1) is 9.54. The summed E-state index contributed by atoms with van der Waals surface area (Å²) in [5.41, 5.74) is 0.923. The first kappa shape index (κ1) is 13.0. The van der Waals surface area contributed by atoms with Gasteiger partial charge in [0.15, 0.2) is 0 Å². The number of benzene rings is 1. The number of hydrogen-bond acceptors (Lipinski definition) is 3. The third kappa shape index (κ3) is 1.94. The molecule has 1 aromatic carbocycles. The molecule has 3 rings (SSSR count). The van der Waals surface area contributed by atoms with Gasteiger partial charge in [-0.2, -0.15) is 0 Å². The van der Waals surface area contributed by atoms with E-state index < -0.39 is 12.0 Å². The Morgan fingerprint density at radius 3 is 2.95 bits per heavy atom. The molecule has 1 heterocycles. The second kappa shape index (κ2) is 4.51. The Kier molecular flexibility index (Phi) is 2.92. The molecule has 0 saturated heterocycles. The fourth-order valence-electron chi connectivity index (χ4n) is 3.08. The standard InChI is InChI=1S/C15H17NO4/c1-9(14(18)19)16-13(17)11-8-15(11)6-7-20-12-5-3-2-4-10(12)15/h2-5,9,11H,6-8H2,1H3,(H,16,17)(H,18,19)/t9-,11-,15-/m0/s1. The van der Waals surface area contributed by atoms with Crippen LogP contribution < -0.4 is 10.1 Å². The smallest absolute Gasteiger partial charge is 0.325 e. The van der Waals surface area contributed by atoms with Crippen molar-refractivity contribution in [2.24, 2.45) is 5.92 Å². The maximum absolute atomic E-state index is 12.2. The highest BCUT2D eigenvalue weighted by molar-refractivity contribution is 5.88. The predicted molar refractivity (Wildman–Crippen MR) is 71.6 cm³/mol. The maximum atomic E-state index is 12.2. The molecule has 0 aromatic heterocycles. The van der Waals surface area contributed by atoms with E-state index in [1.165, 1.54) is 6.92 Å². The van der Waals surface area contributed by atoms with Crippen molar-refractivity contribution in [1.29, 1.82) is 0 Å². The summed E-state index contributed by atoms with van der Waals surface area (Å²) in [4.78, 5) is 23.0. The van der Waals surface area contributed by atoms with Crippen LogP contribution in [0.5, 0.6) is 5.75 Å². The second-order valence-corrected chi connectivity index (χ2v) is 5.58.